The van der Waals surface area contributed by atoms with Crippen molar-refractivity contribution in [2.45, 2.75) is 30.7 Å². The van der Waals surface area contributed by atoms with Crippen LogP contribution in [0.5, 0.6) is 0 Å². The molecule has 30 heavy (non-hydrogen) atoms. The van der Waals surface area contributed by atoms with Gasteiger partial charge in [0.05, 0.1) is 10.5 Å². The van der Waals surface area contributed by atoms with E-state index in [0.29, 0.717) is 13.2 Å². The summed E-state index contributed by atoms with van der Waals surface area (Å²) in [6.45, 7) is 2.86. The molecule has 1 aliphatic heterocycles. The second-order valence-corrected chi connectivity index (χ2v) is 8.80. The maximum Gasteiger partial charge on any atom is 0.258 e. The van der Waals surface area contributed by atoms with Crippen molar-refractivity contribution >= 4 is 21.6 Å². The number of halogens is 3. The number of benzene rings is 2. The molecule has 10 heteroatoms. The lowest BCUT2D eigenvalue weighted by Crippen LogP contribution is -2.40. The Morgan fingerprint density at radius 1 is 1.03 bits per heavy atom. The van der Waals surface area contributed by atoms with Crippen molar-refractivity contribution in [1.29, 1.82) is 0 Å². The Hall–Kier alpha value is -2.43. The summed E-state index contributed by atoms with van der Waals surface area (Å²) in [6, 6.07) is 5.11. The number of anilines is 1. The number of sulfonamides is 1. The van der Waals surface area contributed by atoms with Crippen molar-refractivity contribution in [3.05, 3.63) is 59.4 Å². The average Bonchev–Trinajstić information content (AvgIpc) is 2.71. The number of ether oxygens (including phenoxy) is 1. The zero-order valence-electron chi connectivity index (χ0n) is 16.1. The molecule has 0 aliphatic carbocycles. The molecule has 2 aromatic rings. The minimum absolute atomic E-state index is 0.0992. The van der Waals surface area contributed by atoms with Gasteiger partial charge in [0.25, 0.3) is 5.91 Å². The summed E-state index contributed by atoms with van der Waals surface area (Å²) in [5.74, 6) is -4.13. The summed E-state index contributed by atoms with van der Waals surface area (Å²) >= 11 is 0. The summed E-state index contributed by atoms with van der Waals surface area (Å²) in [6.07, 6.45) is 1.43. The van der Waals surface area contributed by atoms with Crippen LogP contribution >= 0.6 is 0 Å². The highest BCUT2D eigenvalue weighted by atomic mass is 32.2. The van der Waals surface area contributed by atoms with Gasteiger partial charge in [0, 0.05) is 31.0 Å². The molecule has 0 aromatic heterocycles. The largest absolute Gasteiger partial charge is 0.381 e. The first-order chi connectivity index (χ1) is 14.2. The summed E-state index contributed by atoms with van der Waals surface area (Å²) < 4.78 is 73.8. The number of carbonyl (C=O) groups is 1. The molecule has 1 atom stereocenters. The fraction of sp³-hybridized carbons (Fsp3) is 0.350. The quantitative estimate of drug-likeness (QED) is 0.718. The van der Waals surface area contributed by atoms with Gasteiger partial charge < -0.3 is 10.1 Å². The first kappa shape index (κ1) is 22.3. The average molecular weight is 442 g/mol. The Morgan fingerprint density at radius 3 is 2.37 bits per heavy atom. The number of amides is 1. The van der Waals surface area contributed by atoms with E-state index in [1.54, 1.807) is 6.92 Å². The summed E-state index contributed by atoms with van der Waals surface area (Å²) in [7, 11) is -4.01. The molecule has 1 fully saturated rings. The lowest BCUT2D eigenvalue weighted by atomic mass is 9.94. The topological polar surface area (TPSA) is 84.5 Å². The third-order valence-corrected chi connectivity index (χ3v) is 6.54. The molecule has 1 aliphatic rings. The van der Waals surface area contributed by atoms with Crippen molar-refractivity contribution in [1.82, 2.24) is 4.72 Å². The zero-order chi connectivity index (χ0) is 21.9. The van der Waals surface area contributed by atoms with Gasteiger partial charge in [-0.3, -0.25) is 4.79 Å². The van der Waals surface area contributed by atoms with E-state index in [1.807, 2.05) is 0 Å². The molecule has 1 unspecified atom stereocenters. The van der Waals surface area contributed by atoms with E-state index in [4.69, 9.17) is 4.74 Å². The number of hydrogen-bond donors (Lipinski definition) is 2. The third-order valence-electron chi connectivity index (χ3n) is 4.98. The molecule has 6 nitrogen and oxygen atoms in total. The maximum absolute atomic E-state index is 14.2. The molecular weight excluding hydrogens is 421 g/mol. The van der Waals surface area contributed by atoms with E-state index >= 15 is 0 Å². The monoisotopic (exact) mass is 442 g/mol. The van der Waals surface area contributed by atoms with Crippen molar-refractivity contribution in [2.75, 3.05) is 18.5 Å². The highest BCUT2D eigenvalue weighted by Crippen LogP contribution is 2.22. The van der Waals surface area contributed by atoms with Gasteiger partial charge in [-0.05, 0) is 56.0 Å². The Bertz CT molecular complexity index is 1040. The fourth-order valence-electron chi connectivity index (χ4n) is 3.24. The summed E-state index contributed by atoms with van der Waals surface area (Å²) in [4.78, 5) is 12.1. The van der Waals surface area contributed by atoms with Gasteiger partial charge in [0.15, 0.2) is 11.6 Å². The molecule has 2 N–H and O–H groups in total. The van der Waals surface area contributed by atoms with Crippen molar-refractivity contribution in [3.63, 3.8) is 0 Å². The molecular formula is C20H21F3N2O4S. The molecule has 0 saturated carbocycles. The Labute approximate surface area is 172 Å². The predicted molar refractivity (Wildman–Crippen MR) is 104 cm³/mol. The lowest BCUT2D eigenvalue weighted by molar-refractivity contribution is 0.0585. The van der Waals surface area contributed by atoms with Crippen LogP contribution < -0.4 is 10.0 Å². The number of hydrogen-bond acceptors (Lipinski definition) is 4. The summed E-state index contributed by atoms with van der Waals surface area (Å²) in [5.41, 5.74) is -0.640. The van der Waals surface area contributed by atoms with Crippen molar-refractivity contribution in [2.24, 2.45) is 5.92 Å². The molecule has 1 heterocycles. The van der Waals surface area contributed by atoms with Crippen molar-refractivity contribution < 1.29 is 31.1 Å². The Balaban J connectivity index is 1.79. The van der Waals surface area contributed by atoms with Crippen LogP contribution in [0.4, 0.5) is 18.9 Å². The summed E-state index contributed by atoms with van der Waals surface area (Å²) in [5, 5.41) is 2.22. The first-order valence-corrected chi connectivity index (χ1v) is 10.8. The SMILES string of the molecule is CC(NS(=O)(=O)c1ccc(F)c(C(=O)Nc2ccc(F)c(F)c2)c1)C1CCOCC1. The van der Waals surface area contributed by atoms with Gasteiger partial charge in [-0.25, -0.2) is 26.3 Å². The normalized spacial score (nSPS) is 16.3. The van der Waals surface area contributed by atoms with Gasteiger partial charge in [-0.1, -0.05) is 0 Å². The Kier molecular flexibility index (Phi) is 6.79. The van der Waals surface area contributed by atoms with Gasteiger partial charge in [-0.2, -0.15) is 0 Å². The van der Waals surface area contributed by atoms with Crippen molar-refractivity contribution in [3.8, 4) is 0 Å². The van der Waals surface area contributed by atoms with E-state index < -0.39 is 38.9 Å². The minimum Gasteiger partial charge on any atom is -0.381 e. The maximum atomic E-state index is 14.2. The smallest absolute Gasteiger partial charge is 0.258 e. The number of carbonyl (C=O) groups excluding carboxylic acids is 1. The van der Waals surface area contributed by atoms with Gasteiger partial charge >= 0.3 is 0 Å². The molecule has 0 spiro atoms. The van der Waals surface area contributed by atoms with Gasteiger partial charge in [-0.15, -0.1) is 0 Å². The molecule has 0 radical (unpaired) electrons. The van der Waals surface area contributed by atoms with Gasteiger partial charge in [0.2, 0.25) is 10.0 Å². The van der Waals surface area contributed by atoms with Crippen LogP contribution in [0, 0.1) is 23.4 Å². The second kappa shape index (κ2) is 9.15. The molecule has 2 aromatic carbocycles. The van der Waals surface area contributed by atoms with Crippen LogP contribution in [0.15, 0.2) is 41.3 Å². The van der Waals surface area contributed by atoms with Gasteiger partial charge in [0.1, 0.15) is 5.82 Å². The van der Waals surface area contributed by atoms with E-state index in [2.05, 4.69) is 10.0 Å². The van der Waals surface area contributed by atoms with E-state index in [0.717, 1.165) is 49.2 Å². The number of rotatable bonds is 6. The minimum atomic E-state index is -4.01. The zero-order valence-corrected chi connectivity index (χ0v) is 16.9. The fourth-order valence-corrected chi connectivity index (χ4v) is 4.58. The third kappa shape index (κ3) is 5.18. The van der Waals surface area contributed by atoms with Crippen LogP contribution in [0.1, 0.15) is 30.1 Å². The number of nitrogens with one attached hydrogen (secondary N) is 2. The van der Waals surface area contributed by atoms with Crippen LogP contribution in [-0.2, 0) is 14.8 Å². The van der Waals surface area contributed by atoms with E-state index in [-0.39, 0.29) is 22.5 Å². The molecule has 162 valence electrons. The highest BCUT2D eigenvalue weighted by molar-refractivity contribution is 7.89. The molecule has 1 saturated heterocycles. The Morgan fingerprint density at radius 2 is 1.70 bits per heavy atom. The van der Waals surface area contributed by atoms with Crippen LogP contribution in [-0.4, -0.2) is 33.6 Å². The van der Waals surface area contributed by atoms with Crippen LogP contribution in [0.25, 0.3) is 0 Å². The predicted octanol–water partition coefficient (Wildman–Crippen LogP) is 3.45. The van der Waals surface area contributed by atoms with E-state index in [1.165, 1.54) is 0 Å². The molecule has 1 amide bonds. The molecule has 0 bridgehead atoms. The van der Waals surface area contributed by atoms with E-state index in [9.17, 15) is 26.4 Å². The lowest BCUT2D eigenvalue weighted by Gasteiger charge is -2.28. The second-order valence-electron chi connectivity index (χ2n) is 7.08. The highest BCUT2D eigenvalue weighted by Gasteiger charge is 2.26. The van der Waals surface area contributed by atoms with Crippen LogP contribution in [0.2, 0.25) is 0 Å². The van der Waals surface area contributed by atoms with Crippen LogP contribution in [0.3, 0.4) is 0 Å². The molecule has 3 rings (SSSR count). The first-order valence-electron chi connectivity index (χ1n) is 9.33. The standard InChI is InChI=1S/C20H21F3N2O4S/c1-12(13-6-8-29-9-7-13)25-30(27,28)15-3-5-17(21)16(11-15)20(26)24-14-2-4-18(22)19(23)10-14/h2-5,10-13,25H,6-9H2,1H3,(H,24,26).